The van der Waals surface area contributed by atoms with E-state index in [2.05, 4.69) is 5.10 Å². The van der Waals surface area contributed by atoms with Crippen molar-refractivity contribution in [1.82, 2.24) is 9.78 Å². The quantitative estimate of drug-likeness (QED) is 0.707. The van der Waals surface area contributed by atoms with Crippen molar-refractivity contribution in [3.63, 3.8) is 0 Å². The molecule has 3 nitrogen and oxygen atoms in total. The van der Waals surface area contributed by atoms with Crippen molar-refractivity contribution in [3.05, 3.63) is 17.0 Å². The number of hydrogen-bond acceptors (Lipinski definition) is 2. The Balaban J connectivity index is 2.94. The van der Waals surface area contributed by atoms with Crippen LogP contribution in [0.3, 0.4) is 0 Å². The van der Waals surface area contributed by atoms with E-state index in [-0.39, 0.29) is 5.78 Å². The maximum Gasteiger partial charge on any atom is 0.137 e. The fourth-order valence-corrected chi connectivity index (χ4v) is 1.40. The van der Waals surface area contributed by atoms with E-state index in [9.17, 15) is 4.79 Å². The second kappa shape index (κ2) is 3.73. The maximum atomic E-state index is 11.3. The number of hydrogen-bond donors (Lipinski definition) is 0. The van der Waals surface area contributed by atoms with E-state index in [1.54, 1.807) is 0 Å². The van der Waals surface area contributed by atoms with Crippen molar-refractivity contribution >= 4 is 5.78 Å². The lowest BCUT2D eigenvalue weighted by atomic mass is 10.1. The van der Waals surface area contributed by atoms with E-state index < -0.39 is 0 Å². The Morgan fingerprint density at radius 1 is 1.46 bits per heavy atom. The molecule has 0 amide bonds. The predicted molar refractivity (Wildman–Crippen MR) is 51.7 cm³/mol. The van der Waals surface area contributed by atoms with E-state index in [4.69, 9.17) is 0 Å². The molecule has 0 N–H and O–H groups in total. The fourth-order valence-electron chi connectivity index (χ4n) is 1.40. The number of ketones is 1. The molecule has 3 heteroatoms. The Morgan fingerprint density at radius 2 is 2.08 bits per heavy atom. The first kappa shape index (κ1) is 9.96. The van der Waals surface area contributed by atoms with Gasteiger partial charge in [-0.15, -0.1) is 0 Å². The first-order valence-corrected chi connectivity index (χ1v) is 4.57. The molecule has 0 fully saturated rings. The minimum atomic E-state index is 0.277. The molecule has 13 heavy (non-hydrogen) atoms. The summed E-state index contributed by atoms with van der Waals surface area (Å²) >= 11 is 0. The molecule has 0 aliphatic rings. The largest absolute Gasteiger partial charge is 0.299 e. The minimum Gasteiger partial charge on any atom is -0.299 e. The van der Waals surface area contributed by atoms with Crippen LogP contribution in [0, 0.1) is 13.8 Å². The predicted octanol–water partition coefficient (Wildman–Crippen LogP) is 1.56. The smallest absolute Gasteiger partial charge is 0.137 e. The van der Waals surface area contributed by atoms with Crippen LogP contribution in [0.4, 0.5) is 0 Å². The Labute approximate surface area is 78.8 Å². The van der Waals surface area contributed by atoms with Gasteiger partial charge in [-0.2, -0.15) is 5.10 Å². The molecule has 0 unspecified atom stereocenters. The van der Waals surface area contributed by atoms with Gasteiger partial charge in [-0.1, -0.05) is 6.92 Å². The van der Waals surface area contributed by atoms with Crippen molar-refractivity contribution in [2.24, 2.45) is 7.05 Å². The molecule has 0 aliphatic heterocycles. The summed E-state index contributed by atoms with van der Waals surface area (Å²) in [6, 6.07) is 0. The van der Waals surface area contributed by atoms with Gasteiger partial charge < -0.3 is 0 Å². The lowest BCUT2D eigenvalue weighted by Gasteiger charge is -1.99. The van der Waals surface area contributed by atoms with Gasteiger partial charge in [0.05, 0.1) is 5.69 Å². The monoisotopic (exact) mass is 180 g/mol. The Hall–Kier alpha value is -1.12. The molecule has 0 aliphatic carbocycles. The summed E-state index contributed by atoms with van der Waals surface area (Å²) in [5, 5.41) is 4.26. The third kappa shape index (κ3) is 1.97. The summed E-state index contributed by atoms with van der Waals surface area (Å²) in [7, 11) is 1.91. The van der Waals surface area contributed by atoms with Crippen LogP contribution in [-0.2, 0) is 18.3 Å². The molecular weight excluding hydrogens is 164 g/mol. The van der Waals surface area contributed by atoms with Gasteiger partial charge in [-0.05, 0) is 13.8 Å². The van der Waals surface area contributed by atoms with Gasteiger partial charge in [0.15, 0.2) is 0 Å². The van der Waals surface area contributed by atoms with Gasteiger partial charge >= 0.3 is 0 Å². The maximum absolute atomic E-state index is 11.3. The molecule has 0 atom stereocenters. The number of nitrogens with zero attached hydrogens (tertiary/aromatic N) is 2. The van der Waals surface area contributed by atoms with Crippen molar-refractivity contribution < 1.29 is 4.79 Å². The SMILES string of the molecule is CCC(=O)Cc1c(C)nn(C)c1C. The highest BCUT2D eigenvalue weighted by Gasteiger charge is 2.11. The van der Waals surface area contributed by atoms with Gasteiger partial charge in [-0.25, -0.2) is 0 Å². The van der Waals surface area contributed by atoms with Crippen molar-refractivity contribution in [3.8, 4) is 0 Å². The molecule has 72 valence electrons. The standard InChI is InChI=1S/C10H16N2O/c1-5-9(13)6-10-7(2)11-12(4)8(10)3/h5-6H2,1-4H3. The van der Waals surface area contributed by atoms with Crippen molar-refractivity contribution in [2.75, 3.05) is 0 Å². The van der Waals surface area contributed by atoms with Gasteiger partial charge in [-0.3, -0.25) is 9.48 Å². The number of aryl methyl sites for hydroxylation is 2. The molecule has 1 rings (SSSR count). The topological polar surface area (TPSA) is 34.9 Å². The zero-order chi connectivity index (χ0) is 10.0. The number of carbonyl (C=O) groups excluding carboxylic acids is 1. The summed E-state index contributed by atoms with van der Waals surface area (Å²) in [6.07, 6.45) is 1.13. The molecule has 0 spiro atoms. The molecule has 0 aromatic carbocycles. The van der Waals surface area contributed by atoms with Crippen LogP contribution in [0.5, 0.6) is 0 Å². The minimum absolute atomic E-state index is 0.277. The van der Waals surface area contributed by atoms with E-state index in [1.165, 1.54) is 0 Å². The van der Waals surface area contributed by atoms with Gasteiger partial charge in [0.2, 0.25) is 0 Å². The Kier molecular flexibility index (Phi) is 2.86. The molecule has 1 aromatic heterocycles. The molecule has 0 saturated carbocycles. The van der Waals surface area contributed by atoms with Crippen LogP contribution in [0.2, 0.25) is 0 Å². The van der Waals surface area contributed by atoms with Crippen LogP contribution in [0.15, 0.2) is 0 Å². The Bertz CT molecular complexity index is 326. The first-order chi connectivity index (χ1) is 6.06. The molecule has 0 radical (unpaired) electrons. The zero-order valence-electron chi connectivity index (χ0n) is 8.72. The third-order valence-corrected chi connectivity index (χ3v) is 2.43. The lowest BCUT2D eigenvalue weighted by molar-refractivity contribution is -0.118. The number of aromatic nitrogens is 2. The molecule has 1 aromatic rings. The number of carbonyl (C=O) groups is 1. The summed E-state index contributed by atoms with van der Waals surface area (Å²) in [4.78, 5) is 11.3. The summed E-state index contributed by atoms with van der Waals surface area (Å²) in [6.45, 7) is 5.84. The van der Waals surface area contributed by atoms with Crippen LogP contribution in [-0.4, -0.2) is 15.6 Å². The number of Topliss-reactive ketones (excluding diaryl/α,β-unsaturated/α-hetero) is 1. The summed E-state index contributed by atoms with van der Waals surface area (Å²) in [5.74, 6) is 0.277. The van der Waals surface area contributed by atoms with Crippen LogP contribution >= 0.6 is 0 Å². The average Bonchev–Trinajstić information content (AvgIpc) is 2.32. The van der Waals surface area contributed by atoms with E-state index in [1.807, 2.05) is 32.5 Å². The lowest BCUT2D eigenvalue weighted by Crippen LogP contribution is -2.02. The van der Waals surface area contributed by atoms with E-state index in [0.717, 1.165) is 17.0 Å². The second-order valence-corrected chi connectivity index (χ2v) is 3.34. The highest BCUT2D eigenvalue weighted by Crippen LogP contribution is 2.13. The average molecular weight is 180 g/mol. The van der Waals surface area contributed by atoms with E-state index >= 15 is 0 Å². The van der Waals surface area contributed by atoms with Crippen molar-refractivity contribution in [1.29, 1.82) is 0 Å². The first-order valence-electron chi connectivity index (χ1n) is 4.57. The summed E-state index contributed by atoms with van der Waals surface area (Å²) in [5.41, 5.74) is 3.16. The highest BCUT2D eigenvalue weighted by molar-refractivity contribution is 5.81. The second-order valence-electron chi connectivity index (χ2n) is 3.34. The van der Waals surface area contributed by atoms with E-state index in [0.29, 0.717) is 12.8 Å². The van der Waals surface area contributed by atoms with Gasteiger partial charge in [0, 0.05) is 31.1 Å². The van der Waals surface area contributed by atoms with Crippen LogP contribution in [0.25, 0.3) is 0 Å². The normalized spacial score (nSPS) is 10.5. The molecule has 0 bridgehead atoms. The Morgan fingerprint density at radius 3 is 2.46 bits per heavy atom. The third-order valence-electron chi connectivity index (χ3n) is 2.43. The molecular formula is C10H16N2O. The van der Waals surface area contributed by atoms with Crippen molar-refractivity contribution in [2.45, 2.75) is 33.6 Å². The van der Waals surface area contributed by atoms with Gasteiger partial charge in [0.25, 0.3) is 0 Å². The number of rotatable bonds is 3. The van der Waals surface area contributed by atoms with Gasteiger partial charge in [0.1, 0.15) is 5.78 Å². The molecule has 0 saturated heterocycles. The summed E-state index contributed by atoms with van der Waals surface area (Å²) < 4.78 is 1.83. The fraction of sp³-hybridized carbons (Fsp3) is 0.600. The van der Waals surface area contributed by atoms with Crippen LogP contribution < -0.4 is 0 Å². The highest BCUT2D eigenvalue weighted by atomic mass is 16.1. The van der Waals surface area contributed by atoms with Crippen LogP contribution in [0.1, 0.15) is 30.3 Å². The molecule has 1 heterocycles. The zero-order valence-corrected chi connectivity index (χ0v) is 8.72.